The highest BCUT2D eigenvalue weighted by molar-refractivity contribution is 5.73. The van der Waals surface area contributed by atoms with E-state index < -0.39 is 23.5 Å². The second kappa shape index (κ2) is 5.86. The molecular formula is C12H19NO5. The van der Waals surface area contributed by atoms with Crippen LogP contribution in [0.25, 0.3) is 0 Å². The highest BCUT2D eigenvalue weighted by Crippen LogP contribution is 2.22. The molecule has 1 aliphatic heterocycles. The van der Waals surface area contributed by atoms with Crippen LogP contribution in [0.15, 0.2) is 12.7 Å². The molecule has 1 heterocycles. The maximum Gasteiger partial charge on any atom is 0.410 e. The molecule has 1 rings (SSSR count). The summed E-state index contributed by atoms with van der Waals surface area (Å²) in [5.74, 6) is -1.71. The molecule has 6 nitrogen and oxygen atoms in total. The fourth-order valence-corrected chi connectivity index (χ4v) is 1.73. The lowest BCUT2D eigenvalue weighted by atomic mass is 10.0. The summed E-state index contributed by atoms with van der Waals surface area (Å²) < 4.78 is 10.3. The van der Waals surface area contributed by atoms with E-state index in [-0.39, 0.29) is 26.4 Å². The first-order chi connectivity index (χ1) is 8.38. The zero-order valence-corrected chi connectivity index (χ0v) is 10.7. The number of ether oxygens (including phenoxy) is 2. The maximum absolute atomic E-state index is 11.9. The van der Waals surface area contributed by atoms with E-state index >= 15 is 0 Å². The summed E-state index contributed by atoms with van der Waals surface area (Å²) in [6.07, 6.45) is 0.921. The van der Waals surface area contributed by atoms with Crippen LogP contribution in [-0.2, 0) is 14.3 Å². The summed E-state index contributed by atoms with van der Waals surface area (Å²) >= 11 is 0. The lowest BCUT2D eigenvalue weighted by Gasteiger charge is -2.35. The summed E-state index contributed by atoms with van der Waals surface area (Å²) in [5, 5.41) is 9.03. The third kappa shape index (κ3) is 3.46. The molecule has 0 saturated carbocycles. The van der Waals surface area contributed by atoms with Crippen molar-refractivity contribution in [2.24, 2.45) is 5.92 Å². The fraction of sp³-hybridized carbons (Fsp3) is 0.667. The van der Waals surface area contributed by atoms with Crippen LogP contribution >= 0.6 is 0 Å². The van der Waals surface area contributed by atoms with Crippen LogP contribution < -0.4 is 0 Å². The number of hydrogen-bond donors (Lipinski definition) is 1. The summed E-state index contributed by atoms with van der Waals surface area (Å²) in [7, 11) is 0. The molecule has 6 heteroatoms. The number of carbonyl (C=O) groups is 2. The molecule has 1 atom stereocenters. The first kappa shape index (κ1) is 14.5. The zero-order chi connectivity index (χ0) is 13.8. The van der Waals surface area contributed by atoms with E-state index in [1.54, 1.807) is 0 Å². The molecule has 1 unspecified atom stereocenters. The minimum Gasteiger partial charge on any atom is -0.481 e. The van der Waals surface area contributed by atoms with E-state index in [4.69, 9.17) is 14.6 Å². The smallest absolute Gasteiger partial charge is 0.410 e. The third-order valence-corrected chi connectivity index (χ3v) is 2.80. The minimum atomic E-state index is -0.978. The van der Waals surface area contributed by atoms with Crippen molar-refractivity contribution in [2.75, 3.05) is 26.4 Å². The Morgan fingerprint density at radius 1 is 1.61 bits per heavy atom. The Balaban J connectivity index is 2.82. The Morgan fingerprint density at radius 3 is 2.83 bits per heavy atom. The van der Waals surface area contributed by atoms with E-state index in [0.29, 0.717) is 0 Å². The summed E-state index contributed by atoms with van der Waals surface area (Å²) in [6.45, 7) is 7.65. The molecule has 0 spiro atoms. The van der Waals surface area contributed by atoms with Crippen molar-refractivity contribution in [3.63, 3.8) is 0 Å². The zero-order valence-electron chi connectivity index (χ0n) is 10.7. The van der Waals surface area contributed by atoms with Gasteiger partial charge >= 0.3 is 12.1 Å². The molecule has 0 bridgehead atoms. The molecule has 1 N–H and O–H groups in total. The molecule has 0 aromatic carbocycles. The monoisotopic (exact) mass is 257 g/mol. The SMILES string of the molecule is C=CCOC(=O)N1CC(C(=O)O)COCC1(C)C. The average Bonchev–Trinajstić information content (AvgIpc) is 2.44. The predicted molar refractivity (Wildman–Crippen MR) is 64.3 cm³/mol. The van der Waals surface area contributed by atoms with Crippen LogP contribution in [0.4, 0.5) is 4.79 Å². The largest absolute Gasteiger partial charge is 0.481 e. The van der Waals surface area contributed by atoms with Gasteiger partial charge in [-0.1, -0.05) is 12.7 Å². The highest BCUT2D eigenvalue weighted by Gasteiger charge is 2.38. The van der Waals surface area contributed by atoms with Gasteiger partial charge in [0.25, 0.3) is 0 Å². The van der Waals surface area contributed by atoms with Crippen LogP contribution in [0.2, 0.25) is 0 Å². The second-order valence-corrected chi connectivity index (χ2v) is 4.84. The Bertz CT molecular complexity index is 339. The molecule has 102 valence electrons. The second-order valence-electron chi connectivity index (χ2n) is 4.84. The van der Waals surface area contributed by atoms with Gasteiger partial charge in [0.05, 0.1) is 24.7 Å². The van der Waals surface area contributed by atoms with Gasteiger partial charge in [-0.15, -0.1) is 0 Å². The van der Waals surface area contributed by atoms with E-state index in [2.05, 4.69) is 6.58 Å². The van der Waals surface area contributed by atoms with Gasteiger partial charge in [-0.3, -0.25) is 9.69 Å². The van der Waals surface area contributed by atoms with Gasteiger partial charge in [-0.25, -0.2) is 4.79 Å². The van der Waals surface area contributed by atoms with Crippen molar-refractivity contribution in [3.05, 3.63) is 12.7 Å². The predicted octanol–water partition coefficient (Wildman–Crippen LogP) is 1.12. The van der Waals surface area contributed by atoms with Crippen molar-refractivity contribution in [1.82, 2.24) is 4.90 Å². The van der Waals surface area contributed by atoms with Gasteiger partial charge in [0.1, 0.15) is 6.61 Å². The van der Waals surface area contributed by atoms with Crippen molar-refractivity contribution in [2.45, 2.75) is 19.4 Å². The van der Waals surface area contributed by atoms with Gasteiger partial charge in [0.15, 0.2) is 0 Å². The van der Waals surface area contributed by atoms with E-state index in [1.807, 2.05) is 13.8 Å². The Kier molecular flexibility index (Phi) is 4.72. The van der Waals surface area contributed by atoms with Crippen LogP contribution in [0.1, 0.15) is 13.8 Å². The number of amides is 1. The topological polar surface area (TPSA) is 76.1 Å². The van der Waals surface area contributed by atoms with Crippen LogP contribution in [0.5, 0.6) is 0 Å². The first-order valence-corrected chi connectivity index (χ1v) is 5.74. The number of aliphatic carboxylic acids is 1. The Hall–Kier alpha value is -1.56. The number of carboxylic acid groups (broad SMARTS) is 1. The molecule has 0 radical (unpaired) electrons. The summed E-state index contributed by atoms with van der Waals surface area (Å²) in [6, 6.07) is 0. The number of rotatable bonds is 3. The minimum absolute atomic E-state index is 0.0817. The fourth-order valence-electron chi connectivity index (χ4n) is 1.73. The lowest BCUT2D eigenvalue weighted by Crippen LogP contribution is -2.51. The maximum atomic E-state index is 11.9. The van der Waals surface area contributed by atoms with E-state index in [0.717, 1.165) is 0 Å². The van der Waals surface area contributed by atoms with Crippen LogP contribution in [-0.4, -0.2) is 54.0 Å². The van der Waals surface area contributed by atoms with Crippen molar-refractivity contribution >= 4 is 12.1 Å². The lowest BCUT2D eigenvalue weighted by molar-refractivity contribution is -0.143. The summed E-state index contributed by atoms with van der Waals surface area (Å²) in [5.41, 5.74) is -0.595. The summed E-state index contributed by atoms with van der Waals surface area (Å²) in [4.78, 5) is 24.3. The molecule has 0 aromatic heterocycles. The quantitative estimate of drug-likeness (QED) is 0.767. The molecule has 1 saturated heterocycles. The van der Waals surface area contributed by atoms with Gasteiger partial charge in [0.2, 0.25) is 0 Å². The Morgan fingerprint density at radius 2 is 2.28 bits per heavy atom. The van der Waals surface area contributed by atoms with Gasteiger partial charge in [0, 0.05) is 6.54 Å². The number of hydrogen-bond acceptors (Lipinski definition) is 4. The number of carbonyl (C=O) groups excluding carboxylic acids is 1. The third-order valence-electron chi connectivity index (χ3n) is 2.80. The molecule has 1 aliphatic rings. The van der Waals surface area contributed by atoms with Crippen LogP contribution in [0.3, 0.4) is 0 Å². The normalized spacial score (nSPS) is 23.0. The van der Waals surface area contributed by atoms with Gasteiger partial charge in [-0.05, 0) is 13.8 Å². The molecular weight excluding hydrogens is 238 g/mol. The molecule has 1 amide bonds. The standard InChI is InChI=1S/C12H19NO5/c1-4-5-18-11(16)13-6-9(10(14)15)7-17-8-12(13,2)3/h4,9H,1,5-8H2,2-3H3,(H,14,15). The van der Waals surface area contributed by atoms with E-state index in [1.165, 1.54) is 11.0 Å². The first-order valence-electron chi connectivity index (χ1n) is 5.74. The van der Waals surface area contributed by atoms with E-state index in [9.17, 15) is 9.59 Å². The highest BCUT2D eigenvalue weighted by atomic mass is 16.6. The number of carboxylic acids is 1. The molecule has 18 heavy (non-hydrogen) atoms. The van der Waals surface area contributed by atoms with Gasteiger partial charge in [-0.2, -0.15) is 0 Å². The molecule has 1 fully saturated rings. The van der Waals surface area contributed by atoms with Gasteiger partial charge < -0.3 is 14.6 Å². The number of nitrogens with zero attached hydrogens (tertiary/aromatic N) is 1. The Labute approximate surface area is 106 Å². The van der Waals surface area contributed by atoms with Crippen molar-refractivity contribution in [3.8, 4) is 0 Å². The van der Waals surface area contributed by atoms with Crippen LogP contribution in [0, 0.1) is 5.92 Å². The van der Waals surface area contributed by atoms with Crippen molar-refractivity contribution < 1.29 is 24.2 Å². The average molecular weight is 257 g/mol. The van der Waals surface area contributed by atoms with Crippen molar-refractivity contribution in [1.29, 1.82) is 0 Å². The molecule has 0 aliphatic carbocycles. The molecule has 0 aromatic rings.